The minimum Gasteiger partial charge on any atom is -0.748 e. The number of carbonyl (C=O) groups is 3. The van der Waals surface area contributed by atoms with Crippen LogP contribution >= 0.6 is 0 Å². The van der Waals surface area contributed by atoms with Gasteiger partial charge in [0, 0.05) is 36.0 Å². The highest BCUT2D eigenvalue weighted by Crippen LogP contribution is 2.52. The van der Waals surface area contributed by atoms with Gasteiger partial charge in [-0.05, 0) is 19.9 Å². The largest absolute Gasteiger partial charge is 0.748 e. The highest BCUT2D eigenvalue weighted by molar-refractivity contribution is 7.74. The Morgan fingerprint density at radius 2 is 1.85 bits per heavy atom. The van der Waals surface area contributed by atoms with Gasteiger partial charge in [-0.2, -0.15) is 18.7 Å². The number of hydrogen-bond acceptors (Lipinski definition) is 14. The zero-order valence-corrected chi connectivity index (χ0v) is 24.8. The zero-order chi connectivity index (χ0) is 33.9. The van der Waals surface area contributed by atoms with E-state index in [-0.39, 0.29) is 17.5 Å². The smallest absolute Gasteiger partial charge is 0.422 e. The van der Waals surface area contributed by atoms with Crippen molar-refractivity contribution in [2.45, 2.75) is 75.5 Å². The van der Waals surface area contributed by atoms with Crippen LogP contribution in [0.25, 0.3) is 0 Å². The quantitative estimate of drug-likeness (QED) is 0.129. The van der Waals surface area contributed by atoms with E-state index in [1.165, 1.54) is 13.0 Å². The summed E-state index contributed by atoms with van der Waals surface area (Å²) in [7, 11) is 0. The second-order valence-electron chi connectivity index (χ2n) is 11.2. The molecule has 14 nitrogen and oxygen atoms in total. The first kappa shape index (κ1) is 33.9. The molecule has 2 aromatic rings. The van der Waals surface area contributed by atoms with Crippen molar-refractivity contribution in [1.82, 2.24) is 5.48 Å². The summed E-state index contributed by atoms with van der Waals surface area (Å²) < 4.78 is 81.3. The molecule has 1 fully saturated rings. The molecule has 18 heteroatoms. The summed E-state index contributed by atoms with van der Waals surface area (Å²) in [5.74, 6) is -5.35. The van der Waals surface area contributed by atoms with Crippen LogP contribution in [0.1, 0.15) is 75.8 Å². The topological polar surface area (TPSA) is 221 Å². The number of ether oxygens (including phenoxy) is 3. The van der Waals surface area contributed by atoms with Crippen LogP contribution in [-0.4, -0.2) is 89.5 Å². The first-order valence-corrected chi connectivity index (χ1v) is 14.7. The molecule has 1 aliphatic heterocycles. The Balaban J connectivity index is 1.60. The van der Waals surface area contributed by atoms with Gasteiger partial charge < -0.3 is 39.2 Å². The maximum atomic E-state index is 13.8. The predicted molar refractivity (Wildman–Crippen MR) is 144 cm³/mol. The number of benzene rings is 2. The van der Waals surface area contributed by atoms with Crippen molar-refractivity contribution in [3.63, 3.8) is 0 Å². The van der Waals surface area contributed by atoms with E-state index >= 15 is 0 Å². The number of aliphatic hydroxyl groups excluding tert-OH is 1. The molecule has 5 rings (SSSR count). The maximum Gasteiger partial charge on any atom is 0.422 e. The molecule has 3 aliphatic rings. The number of carbonyl (C=O) groups excluding carboxylic acids is 3. The number of phenolic OH excluding ortho intramolecular Hbond substituents is 2. The van der Waals surface area contributed by atoms with Crippen LogP contribution in [-0.2, 0) is 36.3 Å². The average Bonchev–Trinajstić information content (AvgIpc) is 2.96. The van der Waals surface area contributed by atoms with Crippen molar-refractivity contribution >= 4 is 28.7 Å². The number of alkyl halides is 3. The lowest BCUT2D eigenvalue weighted by Gasteiger charge is -2.42. The van der Waals surface area contributed by atoms with Crippen molar-refractivity contribution in [2.75, 3.05) is 6.61 Å². The molecular formula is C28H27F3NO13S-. The third-order valence-corrected chi connectivity index (χ3v) is 8.42. The van der Waals surface area contributed by atoms with Crippen molar-refractivity contribution in [3.05, 3.63) is 51.6 Å². The second kappa shape index (κ2) is 12.3. The van der Waals surface area contributed by atoms with Crippen molar-refractivity contribution in [3.8, 4) is 17.2 Å². The van der Waals surface area contributed by atoms with Crippen LogP contribution in [0.5, 0.6) is 17.2 Å². The van der Waals surface area contributed by atoms with Crippen molar-refractivity contribution < 1.29 is 75.2 Å². The van der Waals surface area contributed by atoms with Gasteiger partial charge in [0.2, 0.25) is 5.78 Å². The summed E-state index contributed by atoms with van der Waals surface area (Å²) in [6.07, 6.45) is -11.4. The number of hydroxylamine groups is 1. The molecule has 46 heavy (non-hydrogen) atoms. The average molecular weight is 675 g/mol. The number of nitrogens with one attached hydrogen (secondary N) is 1. The van der Waals surface area contributed by atoms with Crippen LogP contribution in [0.15, 0.2) is 18.2 Å². The Kier molecular flexibility index (Phi) is 9.03. The summed E-state index contributed by atoms with van der Waals surface area (Å²) >= 11 is -3.00. The molecule has 250 valence electrons. The lowest BCUT2D eigenvalue weighted by Crippen LogP contribution is -2.54. The van der Waals surface area contributed by atoms with Gasteiger partial charge in [0.15, 0.2) is 24.5 Å². The van der Waals surface area contributed by atoms with E-state index in [2.05, 4.69) is 9.76 Å². The zero-order valence-electron chi connectivity index (χ0n) is 24.0. The van der Waals surface area contributed by atoms with E-state index < -0.39 is 130 Å². The van der Waals surface area contributed by atoms with Crippen LogP contribution in [0.3, 0.4) is 0 Å². The van der Waals surface area contributed by atoms with Gasteiger partial charge in [-0.15, -0.1) is 0 Å². The summed E-state index contributed by atoms with van der Waals surface area (Å²) in [6, 6.07) is 2.23. The molecule has 2 aromatic carbocycles. The molecule has 5 N–H and O–H groups in total. The van der Waals surface area contributed by atoms with Crippen LogP contribution in [0.4, 0.5) is 13.2 Å². The van der Waals surface area contributed by atoms with Crippen LogP contribution in [0, 0.1) is 0 Å². The molecule has 2 aliphatic carbocycles. The van der Waals surface area contributed by atoms with E-state index in [1.54, 1.807) is 0 Å². The highest BCUT2D eigenvalue weighted by atomic mass is 32.2. The second-order valence-corrected chi connectivity index (χ2v) is 11.8. The lowest BCUT2D eigenvalue weighted by molar-refractivity contribution is -0.254. The van der Waals surface area contributed by atoms with Gasteiger partial charge in [0.1, 0.15) is 34.2 Å². The number of rotatable bonds is 8. The Labute approximate surface area is 260 Å². The van der Waals surface area contributed by atoms with Gasteiger partial charge in [0.05, 0.1) is 41.0 Å². The van der Waals surface area contributed by atoms with E-state index in [1.807, 2.05) is 0 Å². The number of ketones is 3. The van der Waals surface area contributed by atoms with Crippen molar-refractivity contribution in [2.24, 2.45) is 0 Å². The lowest BCUT2D eigenvalue weighted by atomic mass is 9.72. The molecule has 0 aromatic heterocycles. The van der Waals surface area contributed by atoms with Gasteiger partial charge in [-0.1, -0.05) is 12.1 Å². The summed E-state index contributed by atoms with van der Waals surface area (Å²) in [5.41, 5.74) is -3.17. The van der Waals surface area contributed by atoms with E-state index in [0.717, 1.165) is 19.1 Å². The van der Waals surface area contributed by atoms with Crippen LogP contribution in [0.2, 0.25) is 0 Å². The Morgan fingerprint density at radius 1 is 1.17 bits per heavy atom. The normalized spacial score (nSPS) is 28.2. The van der Waals surface area contributed by atoms with Gasteiger partial charge in [-0.3, -0.25) is 14.4 Å². The molecule has 1 saturated heterocycles. The van der Waals surface area contributed by atoms with Crippen molar-refractivity contribution in [1.29, 1.82) is 0 Å². The number of Topliss-reactive ketones (excluding diaryl/α,β-unsaturated/α-hetero) is 1. The molecule has 0 saturated carbocycles. The Bertz CT molecular complexity index is 1630. The number of fused-ring (bicyclic) bond motifs is 3. The molecule has 7 atom stereocenters. The Morgan fingerprint density at radius 3 is 2.48 bits per heavy atom. The standard InChI is InChI=1S/C28H28F3NO13S/c1-10-22(34)14(32-45-46(40)41)6-17(43-10)44-16-8-27(39,11(2)33)7-13-19(16)26(38)21-20(24(13)36)23(35)12-4-3-5-15(18(12)25(21)37)42-9-28(29,30)31/h3-5,10,14,16-17,22,32,34,36,38-39H,6-9H2,1-2H3,(H,40,41)/p-1/t10?,14?,16-,17?,22?,27-/m0/s1. The predicted octanol–water partition coefficient (Wildman–Crippen LogP) is 1.32. The monoisotopic (exact) mass is 674 g/mol. The number of hydrogen-bond donors (Lipinski definition) is 5. The molecular weight excluding hydrogens is 647 g/mol. The maximum absolute atomic E-state index is 13.8. The number of phenols is 2. The fourth-order valence-corrected chi connectivity index (χ4v) is 6.15. The number of halogens is 3. The van der Waals surface area contributed by atoms with E-state index in [0.29, 0.717) is 0 Å². The van der Waals surface area contributed by atoms with E-state index in [4.69, 9.17) is 14.2 Å². The molecule has 0 spiro atoms. The Hall–Kier alpha value is -3.49. The number of aliphatic hydroxyl groups is 2. The molecule has 0 radical (unpaired) electrons. The fraction of sp³-hybridized carbons (Fsp3) is 0.464. The minimum atomic E-state index is -4.79. The highest BCUT2D eigenvalue weighted by Gasteiger charge is 2.49. The first-order valence-electron chi connectivity index (χ1n) is 13.7. The van der Waals surface area contributed by atoms with Gasteiger partial charge >= 0.3 is 6.18 Å². The minimum absolute atomic E-state index is 0.282. The SMILES string of the molecule is CC(=O)[C@]1(O)Cc2c(O)c3c(c(O)c2[C@@H](OC2CC(NOS(=O)[O-])C(O)C(C)O2)C1)C(=O)c1c(OCC(F)(F)F)cccc1C3=O. The third kappa shape index (κ3) is 6.14. The molecule has 0 amide bonds. The summed E-state index contributed by atoms with van der Waals surface area (Å²) in [5, 5.41) is 44.6. The summed E-state index contributed by atoms with van der Waals surface area (Å²) in [4.78, 5) is 40.0. The fourth-order valence-electron chi connectivity index (χ4n) is 5.95. The van der Waals surface area contributed by atoms with E-state index in [9.17, 15) is 56.7 Å². The molecule has 0 bridgehead atoms. The summed E-state index contributed by atoms with van der Waals surface area (Å²) in [6.45, 7) is 0.684. The van der Waals surface area contributed by atoms with Crippen LogP contribution < -0.4 is 10.2 Å². The van der Waals surface area contributed by atoms with Gasteiger partial charge in [-0.25, -0.2) is 8.49 Å². The van der Waals surface area contributed by atoms with Gasteiger partial charge in [0.25, 0.3) is 0 Å². The first-order chi connectivity index (χ1) is 21.4. The molecule has 1 heterocycles. The molecule has 5 unspecified atom stereocenters. The number of aromatic hydroxyl groups is 2. The third-order valence-electron chi connectivity index (χ3n) is 8.19.